The summed E-state index contributed by atoms with van der Waals surface area (Å²) in [5.41, 5.74) is 0. The van der Waals surface area contributed by atoms with Crippen LogP contribution >= 0.6 is 27.5 Å². The molecule has 0 bridgehead atoms. The average Bonchev–Trinajstić information content (AvgIpc) is 2.09. The molecule has 0 aliphatic carbocycles. The Kier molecular flexibility index (Phi) is 3.52. The van der Waals surface area contributed by atoms with E-state index in [1.807, 2.05) is 0 Å². The van der Waals surface area contributed by atoms with Gasteiger partial charge in [0.1, 0.15) is 5.21 Å². The number of alkyl halides is 1. The van der Waals surface area contributed by atoms with Crippen LogP contribution in [0.25, 0.3) is 0 Å². The average molecular weight is 286 g/mol. The Morgan fingerprint density at radius 1 is 1.62 bits per heavy atom. The van der Waals surface area contributed by atoms with Crippen molar-refractivity contribution in [1.29, 1.82) is 0 Å². The highest BCUT2D eigenvalue weighted by molar-refractivity contribution is 9.10. The summed E-state index contributed by atoms with van der Waals surface area (Å²) in [6.45, 7) is 0. The van der Waals surface area contributed by atoms with E-state index in [1.165, 1.54) is 6.20 Å². The predicted molar refractivity (Wildman–Crippen MR) is 55.2 cm³/mol. The third-order valence-corrected chi connectivity index (χ3v) is 3.45. The molecule has 7 heteroatoms. The van der Waals surface area contributed by atoms with Crippen molar-refractivity contribution in [2.45, 2.75) is 0 Å². The summed E-state index contributed by atoms with van der Waals surface area (Å²) in [5, 5.41) is -0.490. The summed E-state index contributed by atoms with van der Waals surface area (Å²) >= 11 is 8.35. The number of hydrogen-bond donors (Lipinski definition) is 1. The molecule has 1 aromatic heterocycles. The van der Waals surface area contributed by atoms with Gasteiger partial charge < -0.3 is 0 Å². The quantitative estimate of drug-likeness (QED) is 0.861. The lowest BCUT2D eigenvalue weighted by Gasteiger charge is -2.04. The summed E-state index contributed by atoms with van der Waals surface area (Å²) in [6, 6.07) is 3.36. The van der Waals surface area contributed by atoms with E-state index in [0.717, 1.165) is 0 Å². The van der Waals surface area contributed by atoms with Crippen molar-refractivity contribution in [2.24, 2.45) is 0 Å². The van der Waals surface area contributed by atoms with Gasteiger partial charge in [-0.15, -0.1) is 11.6 Å². The minimum Gasteiger partial charge on any atom is -0.265 e. The van der Waals surface area contributed by atoms with Crippen molar-refractivity contribution in [3.63, 3.8) is 0 Å². The maximum Gasteiger partial charge on any atom is 0.247 e. The van der Waals surface area contributed by atoms with E-state index in [2.05, 4.69) is 25.6 Å². The largest absolute Gasteiger partial charge is 0.265 e. The number of halogens is 2. The second-order valence-corrected chi connectivity index (χ2v) is 5.32. The smallest absolute Gasteiger partial charge is 0.247 e. The molecule has 0 fully saturated rings. The number of sulfonamides is 1. The van der Waals surface area contributed by atoms with Crippen LogP contribution in [-0.4, -0.2) is 18.6 Å². The molecule has 1 heterocycles. The van der Waals surface area contributed by atoms with Gasteiger partial charge in [-0.2, -0.15) is 0 Å². The molecule has 4 nitrogen and oxygen atoms in total. The van der Waals surface area contributed by atoms with E-state index in [0.29, 0.717) is 4.47 Å². The molecule has 0 unspecified atom stereocenters. The van der Waals surface area contributed by atoms with Crippen molar-refractivity contribution in [3.8, 4) is 0 Å². The number of nitrogens with zero attached hydrogens (tertiary/aromatic N) is 1. The van der Waals surface area contributed by atoms with E-state index in [1.54, 1.807) is 12.1 Å². The molecule has 1 rings (SSSR count). The third kappa shape index (κ3) is 3.13. The Hall–Kier alpha value is -0.330. The van der Waals surface area contributed by atoms with Crippen LogP contribution in [0.2, 0.25) is 0 Å². The van der Waals surface area contributed by atoms with Crippen LogP contribution < -0.4 is 4.72 Å². The maximum absolute atomic E-state index is 11.0. The van der Waals surface area contributed by atoms with Gasteiger partial charge in [0.15, 0.2) is 5.82 Å². The molecule has 0 saturated heterocycles. The first-order valence-electron chi connectivity index (χ1n) is 3.22. The van der Waals surface area contributed by atoms with Gasteiger partial charge in [-0.3, -0.25) is 4.72 Å². The molecule has 0 aromatic carbocycles. The van der Waals surface area contributed by atoms with E-state index >= 15 is 0 Å². The van der Waals surface area contributed by atoms with Gasteiger partial charge in [0.25, 0.3) is 0 Å². The van der Waals surface area contributed by atoms with Crippen molar-refractivity contribution < 1.29 is 8.42 Å². The lowest BCUT2D eigenvalue weighted by molar-refractivity contribution is 0.605. The first-order valence-corrected chi connectivity index (χ1v) is 6.20. The number of hydrogen-bond acceptors (Lipinski definition) is 3. The van der Waals surface area contributed by atoms with Gasteiger partial charge in [-0.1, -0.05) is 0 Å². The minimum atomic E-state index is -3.47. The maximum atomic E-state index is 11.0. The van der Waals surface area contributed by atoms with Crippen LogP contribution in [0.3, 0.4) is 0 Å². The highest BCUT2D eigenvalue weighted by atomic mass is 79.9. The summed E-state index contributed by atoms with van der Waals surface area (Å²) in [7, 11) is -3.47. The molecule has 1 N–H and O–H groups in total. The van der Waals surface area contributed by atoms with Crippen LogP contribution in [0.1, 0.15) is 0 Å². The predicted octanol–water partition coefficient (Wildman–Crippen LogP) is 1.78. The van der Waals surface area contributed by atoms with Crippen LogP contribution in [0.5, 0.6) is 0 Å². The zero-order valence-electron chi connectivity index (χ0n) is 6.37. The second-order valence-electron chi connectivity index (χ2n) is 2.16. The monoisotopic (exact) mass is 284 g/mol. The van der Waals surface area contributed by atoms with Gasteiger partial charge >= 0.3 is 0 Å². The fraction of sp³-hybridized carbons (Fsp3) is 0.167. The Bertz CT molecular complexity index is 395. The van der Waals surface area contributed by atoms with Crippen molar-refractivity contribution in [3.05, 3.63) is 22.8 Å². The van der Waals surface area contributed by atoms with Crippen molar-refractivity contribution in [1.82, 2.24) is 4.98 Å². The zero-order chi connectivity index (χ0) is 9.90. The highest BCUT2D eigenvalue weighted by Crippen LogP contribution is 2.19. The molecule has 0 amide bonds. The lowest BCUT2D eigenvalue weighted by atomic mass is 10.5. The minimum absolute atomic E-state index is 0.239. The fourth-order valence-electron chi connectivity index (χ4n) is 0.635. The van der Waals surface area contributed by atoms with Crippen LogP contribution in [-0.2, 0) is 10.0 Å². The fourth-order valence-corrected chi connectivity index (χ4v) is 1.80. The van der Waals surface area contributed by atoms with E-state index in [4.69, 9.17) is 11.6 Å². The molecule has 0 atom stereocenters. The Morgan fingerprint density at radius 2 is 2.31 bits per heavy atom. The Morgan fingerprint density at radius 3 is 2.85 bits per heavy atom. The summed E-state index contributed by atoms with van der Waals surface area (Å²) in [5.74, 6) is 0.239. The van der Waals surface area contributed by atoms with E-state index in [9.17, 15) is 8.42 Å². The third-order valence-electron chi connectivity index (χ3n) is 1.15. The molecule has 0 spiro atoms. The van der Waals surface area contributed by atoms with Crippen LogP contribution in [0, 0.1) is 0 Å². The molecule has 0 aliphatic heterocycles. The van der Waals surface area contributed by atoms with Crippen molar-refractivity contribution >= 4 is 43.4 Å². The van der Waals surface area contributed by atoms with Crippen LogP contribution in [0.15, 0.2) is 22.8 Å². The Balaban J connectivity index is 2.93. The Labute approximate surface area is 89.5 Å². The second kappa shape index (κ2) is 4.26. The van der Waals surface area contributed by atoms with Gasteiger partial charge in [-0.05, 0) is 28.1 Å². The first-order chi connectivity index (χ1) is 6.05. The van der Waals surface area contributed by atoms with Crippen LogP contribution in [0.4, 0.5) is 5.82 Å². The molecule has 13 heavy (non-hydrogen) atoms. The van der Waals surface area contributed by atoms with E-state index < -0.39 is 15.2 Å². The summed E-state index contributed by atoms with van der Waals surface area (Å²) < 4.78 is 24.8. The topological polar surface area (TPSA) is 59.1 Å². The number of anilines is 1. The standard InChI is InChI=1S/C6H6BrClN2O2S/c7-5-2-1-3-9-6(5)10-13(11,12)4-8/h1-3H,4H2,(H,9,10). The SMILES string of the molecule is O=S(=O)(CCl)Nc1ncccc1Br. The molecular formula is C6H6BrClN2O2S. The summed E-state index contributed by atoms with van der Waals surface area (Å²) in [6.07, 6.45) is 1.48. The highest BCUT2D eigenvalue weighted by Gasteiger charge is 2.10. The molecular weight excluding hydrogens is 280 g/mol. The van der Waals surface area contributed by atoms with Gasteiger partial charge in [0.05, 0.1) is 4.47 Å². The first kappa shape index (κ1) is 10.7. The normalized spacial score (nSPS) is 11.2. The molecule has 1 aromatic rings. The number of rotatable bonds is 3. The number of nitrogens with one attached hydrogen (secondary N) is 1. The number of pyridine rings is 1. The molecule has 0 radical (unpaired) electrons. The molecule has 72 valence electrons. The molecule has 0 saturated carbocycles. The van der Waals surface area contributed by atoms with Gasteiger partial charge in [-0.25, -0.2) is 13.4 Å². The molecule has 0 aliphatic rings. The van der Waals surface area contributed by atoms with Gasteiger partial charge in [0.2, 0.25) is 10.0 Å². The lowest BCUT2D eigenvalue weighted by Crippen LogP contribution is -2.14. The van der Waals surface area contributed by atoms with E-state index in [-0.39, 0.29) is 5.82 Å². The zero-order valence-corrected chi connectivity index (χ0v) is 9.53. The van der Waals surface area contributed by atoms with Crippen molar-refractivity contribution in [2.75, 3.05) is 9.93 Å². The van der Waals surface area contributed by atoms with Gasteiger partial charge in [0, 0.05) is 6.20 Å². The number of aromatic nitrogens is 1. The summed E-state index contributed by atoms with van der Waals surface area (Å²) in [4.78, 5) is 3.82.